The average Bonchev–Trinajstić information content (AvgIpc) is 2.77. The predicted molar refractivity (Wildman–Crippen MR) is 61.8 cm³/mol. The van der Waals surface area contributed by atoms with Gasteiger partial charge in [0.25, 0.3) is 0 Å². The van der Waals surface area contributed by atoms with Gasteiger partial charge >= 0.3 is 0 Å². The third-order valence-electron chi connectivity index (χ3n) is 3.15. The molecule has 1 atom stereocenters. The Morgan fingerprint density at radius 2 is 2.07 bits per heavy atom. The molecule has 4 nitrogen and oxygen atoms in total. The molecule has 0 radical (unpaired) electrons. The van der Waals surface area contributed by atoms with Crippen LogP contribution in [0, 0.1) is 0 Å². The van der Waals surface area contributed by atoms with Crippen molar-refractivity contribution in [2.24, 2.45) is 0 Å². The topological polar surface area (TPSA) is 35.6 Å². The van der Waals surface area contributed by atoms with E-state index in [1.807, 2.05) is 25.9 Å². The lowest BCUT2D eigenvalue weighted by Gasteiger charge is -2.27. The summed E-state index contributed by atoms with van der Waals surface area (Å²) in [4.78, 5) is 16.1. The number of carbonyl (C=O) groups excluding carboxylic acids is 1. The van der Waals surface area contributed by atoms with Crippen LogP contribution in [-0.2, 0) is 4.79 Å². The number of hydrogen-bond acceptors (Lipinski definition) is 3. The molecule has 15 heavy (non-hydrogen) atoms. The zero-order valence-electron chi connectivity index (χ0n) is 10.1. The normalized spacial score (nSPS) is 18.5. The Kier molecular flexibility index (Phi) is 5.05. The Morgan fingerprint density at radius 3 is 2.60 bits per heavy atom. The van der Waals surface area contributed by atoms with E-state index in [2.05, 4.69) is 10.2 Å². The van der Waals surface area contributed by atoms with Crippen LogP contribution in [0.2, 0.25) is 0 Å². The van der Waals surface area contributed by atoms with Crippen LogP contribution in [-0.4, -0.2) is 62.0 Å². The van der Waals surface area contributed by atoms with Crippen LogP contribution in [0.3, 0.4) is 0 Å². The summed E-state index contributed by atoms with van der Waals surface area (Å²) in [5, 5.41) is 3.10. The second-order valence-corrected chi connectivity index (χ2v) is 4.29. The SMILES string of the molecule is CNCCN(C)C(C)C(=O)N1CCCC1. The first-order chi connectivity index (χ1) is 7.16. The first-order valence-corrected chi connectivity index (χ1v) is 5.80. The van der Waals surface area contributed by atoms with Gasteiger partial charge in [0.05, 0.1) is 6.04 Å². The zero-order valence-corrected chi connectivity index (χ0v) is 10.1. The van der Waals surface area contributed by atoms with E-state index in [4.69, 9.17) is 0 Å². The van der Waals surface area contributed by atoms with Gasteiger partial charge in [-0.1, -0.05) is 0 Å². The third kappa shape index (κ3) is 3.47. The molecule has 0 aliphatic carbocycles. The van der Waals surface area contributed by atoms with Crippen molar-refractivity contribution < 1.29 is 4.79 Å². The van der Waals surface area contributed by atoms with Gasteiger partial charge in [0, 0.05) is 26.2 Å². The molecule has 0 bridgehead atoms. The Bertz CT molecular complexity index is 202. The van der Waals surface area contributed by atoms with Crippen LogP contribution < -0.4 is 5.32 Å². The van der Waals surface area contributed by atoms with E-state index in [1.54, 1.807) is 0 Å². The van der Waals surface area contributed by atoms with Crippen molar-refractivity contribution in [1.29, 1.82) is 0 Å². The maximum atomic E-state index is 12.0. The molecule has 1 aliphatic heterocycles. The van der Waals surface area contributed by atoms with Crippen LogP contribution in [0.4, 0.5) is 0 Å². The van der Waals surface area contributed by atoms with E-state index >= 15 is 0 Å². The van der Waals surface area contributed by atoms with Gasteiger partial charge < -0.3 is 10.2 Å². The summed E-state index contributed by atoms with van der Waals surface area (Å²) in [5.41, 5.74) is 0. The van der Waals surface area contributed by atoms with E-state index in [1.165, 1.54) is 12.8 Å². The molecule has 1 unspecified atom stereocenters. The number of hydrogen-bond donors (Lipinski definition) is 1. The first-order valence-electron chi connectivity index (χ1n) is 5.80. The maximum absolute atomic E-state index is 12.0. The van der Waals surface area contributed by atoms with Crippen molar-refractivity contribution in [3.63, 3.8) is 0 Å². The number of nitrogens with zero attached hydrogens (tertiary/aromatic N) is 2. The minimum absolute atomic E-state index is 0.0106. The fourth-order valence-corrected chi connectivity index (χ4v) is 1.87. The highest BCUT2D eigenvalue weighted by molar-refractivity contribution is 5.81. The molecular formula is C11H23N3O. The molecule has 1 heterocycles. The fraction of sp³-hybridized carbons (Fsp3) is 0.909. The molecule has 0 aromatic heterocycles. The Hall–Kier alpha value is -0.610. The highest BCUT2D eigenvalue weighted by atomic mass is 16.2. The summed E-state index contributed by atoms with van der Waals surface area (Å²) in [6, 6.07) is 0.0106. The number of likely N-dealkylation sites (N-methyl/N-ethyl adjacent to an activating group) is 2. The fourth-order valence-electron chi connectivity index (χ4n) is 1.87. The number of carbonyl (C=O) groups is 1. The predicted octanol–water partition coefficient (Wildman–Crippen LogP) is 0.148. The lowest BCUT2D eigenvalue weighted by Crippen LogP contribution is -2.46. The Morgan fingerprint density at radius 1 is 1.47 bits per heavy atom. The number of amides is 1. The van der Waals surface area contributed by atoms with E-state index in [-0.39, 0.29) is 11.9 Å². The second-order valence-electron chi connectivity index (χ2n) is 4.29. The zero-order chi connectivity index (χ0) is 11.3. The van der Waals surface area contributed by atoms with Gasteiger partial charge in [-0.25, -0.2) is 0 Å². The minimum Gasteiger partial charge on any atom is -0.341 e. The molecule has 0 saturated carbocycles. The summed E-state index contributed by atoms with van der Waals surface area (Å²) in [5.74, 6) is 0.283. The van der Waals surface area contributed by atoms with E-state index in [9.17, 15) is 4.79 Å². The van der Waals surface area contributed by atoms with Gasteiger partial charge in [-0.3, -0.25) is 9.69 Å². The van der Waals surface area contributed by atoms with Gasteiger partial charge in [-0.2, -0.15) is 0 Å². The van der Waals surface area contributed by atoms with Crippen LogP contribution in [0.15, 0.2) is 0 Å². The molecule has 1 amide bonds. The molecular weight excluding hydrogens is 190 g/mol. The molecule has 1 aliphatic rings. The summed E-state index contributed by atoms with van der Waals surface area (Å²) in [6.45, 7) is 5.73. The average molecular weight is 213 g/mol. The van der Waals surface area contributed by atoms with Crippen LogP contribution in [0.5, 0.6) is 0 Å². The van der Waals surface area contributed by atoms with Gasteiger partial charge in [-0.05, 0) is 33.9 Å². The maximum Gasteiger partial charge on any atom is 0.239 e. The third-order valence-corrected chi connectivity index (χ3v) is 3.15. The van der Waals surface area contributed by atoms with Gasteiger partial charge in [0.15, 0.2) is 0 Å². The van der Waals surface area contributed by atoms with Gasteiger partial charge in [0.2, 0.25) is 5.91 Å². The second kappa shape index (κ2) is 6.08. The molecule has 88 valence electrons. The van der Waals surface area contributed by atoms with Gasteiger partial charge in [0.1, 0.15) is 0 Å². The number of rotatable bonds is 5. The standard InChI is InChI=1S/C11H23N3O/c1-10(13(3)9-6-12-2)11(15)14-7-4-5-8-14/h10,12H,4-9H2,1-3H3. The molecule has 0 spiro atoms. The Labute approximate surface area is 92.6 Å². The number of nitrogens with one attached hydrogen (secondary N) is 1. The van der Waals surface area contributed by atoms with E-state index in [0.717, 1.165) is 26.2 Å². The molecule has 1 fully saturated rings. The van der Waals surface area contributed by atoms with Gasteiger partial charge in [-0.15, -0.1) is 0 Å². The van der Waals surface area contributed by atoms with Crippen molar-refractivity contribution in [3.8, 4) is 0 Å². The van der Waals surface area contributed by atoms with E-state index in [0.29, 0.717) is 0 Å². The minimum atomic E-state index is 0.0106. The molecule has 0 aromatic rings. The molecule has 1 N–H and O–H groups in total. The Balaban J connectivity index is 2.36. The van der Waals surface area contributed by atoms with Crippen molar-refractivity contribution >= 4 is 5.91 Å². The van der Waals surface area contributed by atoms with Crippen molar-refractivity contribution in [3.05, 3.63) is 0 Å². The lowest BCUT2D eigenvalue weighted by molar-refractivity contribution is -0.134. The van der Waals surface area contributed by atoms with Crippen LogP contribution in [0.1, 0.15) is 19.8 Å². The summed E-state index contributed by atoms with van der Waals surface area (Å²) in [7, 11) is 3.94. The molecule has 0 aromatic carbocycles. The largest absolute Gasteiger partial charge is 0.341 e. The van der Waals surface area contributed by atoms with Crippen LogP contribution in [0.25, 0.3) is 0 Å². The van der Waals surface area contributed by atoms with Crippen molar-refractivity contribution in [1.82, 2.24) is 15.1 Å². The van der Waals surface area contributed by atoms with Crippen molar-refractivity contribution in [2.45, 2.75) is 25.8 Å². The molecule has 4 heteroatoms. The van der Waals surface area contributed by atoms with Crippen LogP contribution >= 0.6 is 0 Å². The number of likely N-dealkylation sites (tertiary alicyclic amines) is 1. The summed E-state index contributed by atoms with van der Waals surface area (Å²) in [6.07, 6.45) is 2.33. The smallest absolute Gasteiger partial charge is 0.239 e. The molecule has 1 saturated heterocycles. The van der Waals surface area contributed by atoms with E-state index < -0.39 is 0 Å². The highest BCUT2D eigenvalue weighted by Crippen LogP contribution is 2.10. The summed E-state index contributed by atoms with van der Waals surface area (Å²) < 4.78 is 0. The first kappa shape index (κ1) is 12.5. The highest BCUT2D eigenvalue weighted by Gasteiger charge is 2.25. The molecule has 1 rings (SSSR count). The quantitative estimate of drug-likeness (QED) is 0.706. The monoisotopic (exact) mass is 213 g/mol. The van der Waals surface area contributed by atoms with Crippen molar-refractivity contribution in [2.75, 3.05) is 40.3 Å². The lowest BCUT2D eigenvalue weighted by atomic mass is 10.2. The summed E-state index contributed by atoms with van der Waals surface area (Å²) >= 11 is 0.